The number of hydrogen-bond donors (Lipinski definition) is 0. The van der Waals surface area contributed by atoms with Crippen molar-refractivity contribution in [3.8, 4) is 0 Å². The first-order chi connectivity index (χ1) is 9.58. The van der Waals surface area contributed by atoms with Gasteiger partial charge in [-0.1, -0.05) is 0 Å². The Kier molecular flexibility index (Phi) is 4.66. The van der Waals surface area contributed by atoms with E-state index in [1.807, 2.05) is 25.7 Å². The molecule has 0 spiro atoms. The Morgan fingerprint density at radius 2 is 1.81 bits per heavy atom. The number of nitrogens with zero attached hydrogens (tertiary/aromatic N) is 2. The summed E-state index contributed by atoms with van der Waals surface area (Å²) in [6.07, 6.45) is 2.48. The minimum Gasteiger partial charge on any atom is -0.369 e. The second-order valence-electron chi connectivity index (χ2n) is 6.84. The van der Waals surface area contributed by atoms with E-state index in [1.54, 1.807) is 0 Å². The summed E-state index contributed by atoms with van der Waals surface area (Å²) in [6, 6.07) is 0. The quantitative estimate of drug-likeness (QED) is 0.751. The normalized spacial score (nSPS) is 28.6. The van der Waals surface area contributed by atoms with Crippen LogP contribution in [0.5, 0.6) is 0 Å². The molecule has 0 aromatic carbocycles. The van der Waals surface area contributed by atoms with E-state index in [1.165, 1.54) is 10.6 Å². The number of morpholine rings is 1. The third-order valence-electron chi connectivity index (χ3n) is 4.15. The molecule has 2 saturated heterocycles. The van der Waals surface area contributed by atoms with Crippen molar-refractivity contribution in [2.45, 2.75) is 45.3 Å². The van der Waals surface area contributed by atoms with Crippen LogP contribution in [0, 0.1) is 5.92 Å². The Morgan fingerprint density at radius 1 is 1.24 bits per heavy atom. The number of rotatable bonds is 2. The van der Waals surface area contributed by atoms with E-state index in [-0.39, 0.29) is 23.5 Å². The van der Waals surface area contributed by atoms with Crippen LogP contribution in [0.2, 0.25) is 0 Å². The number of sulfonamides is 1. The molecule has 0 bridgehead atoms. The molecule has 0 aromatic heterocycles. The number of hydrogen-bond acceptors (Lipinski definition) is 4. The summed E-state index contributed by atoms with van der Waals surface area (Å²) < 4.78 is 30.3. The van der Waals surface area contributed by atoms with Gasteiger partial charge in [-0.15, -0.1) is 0 Å². The summed E-state index contributed by atoms with van der Waals surface area (Å²) in [5, 5.41) is 0. The van der Waals surface area contributed by atoms with E-state index in [9.17, 15) is 13.2 Å². The van der Waals surface area contributed by atoms with Crippen LogP contribution in [-0.2, 0) is 19.6 Å². The number of amides is 1. The molecule has 0 radical (unpaired) electrons. The molecule has 0 aromatic rings. The Balaban J connectivity index is 1.96. The molecular weight excluding hydrogens is 292 g/mol. The average Bonchev–Trinajstić information content (AvgIpc) is 2.34. The third kappa shape index (κ3) is 4.17. The van der Waals surface area contributed by atoms with Gasteiger partial charge in [-0.2, -0.15) is 0 Å². The zero-order chi connectivity index (χ0) is 15.8. The van der Waals surface area contributed by atoms with Crippen LogP contribution >= 0.6 is 0 Å². The lowest BCUT2D eigenvalue weighted by atomic mass is 9.95. The molecule has 2 rings (SSSR count). The molecule has 2 aliphatic heterocycles. The maximum absolute atomic E-state index is 12.6. The summed E-state index contributed by atoms with van der Waals surface area (Å²) >= 11 is 0. The van der Waals surface area contributed by atoms with Crippen LogP contribution in [0.1, 0.15) is 33.6 Å². The van der Waals surface area contributed by atoms with Crippen LogP contribution in [0.15, 0.2) is 0 Å². The van der Waals surface area contributed by atoms with Crippen molar-refractivity contribution in [2.75, 3.05) is 32.4 Å². The highest BCUT2D eigenvalue weighted by molar-refractivity contribution is 7.88. The van der Waals surface area contributed by atoms with Crippen molar-refractivity contribution >= 4 is 15.9 Å². The molecule has 2 aliphatic rings. The zero-order valence-electron chi connectivity index (χ0n) is 13.3. The molecule has 0 aliphatic carbocycles. The predicted molar refractivity (Wildman–Crippen MR) is 80.3 cm³/mol. The fourth-order valence-electron chi connectivity index (χ4n) is 3.31. The molecular formula is C14H26N2O4S. The first-order valence-electron chi connectivity index (χ1n) is 7.50. The van der Waals surface area contributed by atoms with Crippen molar-refractivity contribution in [1.82, 2.24) is 9.21 Å². The van der Waals surface area contributed by atoms with Gasteiger partial charge >= 0.3 is 0 Å². The lowest BCUT2D eigenvalue weighted by Crippen LogP contribution is -2.56. The van der Waals surface area contributed by atoms with Crippen molar-refractivity contribution < 1.29 is 17.9 Å². The molecule has 21 heavy (non-hydrogen) atoms. The molecule has 0 saturated carbocycles. The van der Waals surface area contributed by atoms with Crippen LogP contribution in [0.3, 0.4) is 0 Å². The van der Waals surface area contributed by atoms with Gasteiger partial charge in [0.1, 0.15) is 0 Å². The van der Waals surface area contributed by atoms with Crippen LogP contribution in [0.25, 0.3) is 0 Å². The lowest BCUT2D eigenvalue weighted by Gasteiger charge is -2.43. The fraction of sp³-hybridized carbons (Fsp3) is 0.929. The van der Waals surface area contributed by atoms with E-state index in [0.29, 0.717) is 39.0 Å². The van der Waals surface area contributed by atoms with Gasteiger partial charge in [-0.3, -0.25) is 4.79 Å². The molecule has 2 heterocycles. The standard InChI is InChI=1S/C14H26N2O4S/c1-11-9-15(10-14(2,3)20-11)13(17)12-5-7-16(8-6-12)21(4,18)19/h11-12H,5-10H2,1-4H3. The van der Waals surface area contributed by atoms with E-state index in [2.05, 4.69) is 0 Å². The van der Waals surface area contributed by atoms with Crippen molar-refractivity contribution in [3.05, 3.63) is 0 Å². The van der Waals surface area contributed by atoms with Gasteiger partial charge in [0.15, 0.2) is 0 Å². The molecule has 6 nitrogen and oxygen atoms in total. The Hall–Kier alpha value is -0.660. The van der Waals surface area contributed by atoms with Crippen molar-refractivity contribution in [2.24, 2.45) is 5.92 Å². The maximum Gasteiger partial charge on any atom is 0.225 e. The highest BCUT2D eigenvalue weighted by Gasteiger charge is 2.37. The van der Waals surface area contributed by atoms with Gasteiger partial charge in [0.05, 0.1) is 18.0 Å². The lowest BCUT2D eigenvalue weighted by molar-refractivity contribution is -0.162. The largest absolute Gasteiger partial charge is 0.369 e. The fourth-order valence-corrected chi connectivity index (χ4v) is 4.19. The van der Waals surface area contributed by atoms with Gasteiger partial charge in [-0.25, -0.2) is 12.7 Å². The highest BCUT2D eigenvalue weighted by atomic mass is 32.2. The SMILES string of the molecule is CC1CN(C(=O)C2CCN(S(C)(=O)=O)CC2)CC(C)(C)O1. The highest BCUT2D eigenvalue weighted by Crippen LogP contribution is 2.26. The smallest absolute Gasteiger partial charge is 0.225 e. The van der Waals surface area contributed by atoms with Crippen molar-refractivity contribution in [1.29, 1.82) is 0 Å². The molecule has 2 fully saturated rings. The van der Waals surface area contributed by atoms with Gasteiger partial charge in [0, 0.05) is 32.1 Å². The number of carbonyl (C=O) groups is 1. The molecule has 1 amide bonds. The van der Waals surface area contributed by atoms with E-state index in [4.69, 9.17) is 4.74 Å². The molecule has 7 heteroatoms. The van der Waals surface area contributed by atoms with Crippen LogP contribution in [-0.4, -0.2) is 67.7 Å². The predicted octanol–water partition coefficient (Wildman–Crippen LogP) is 0.684. The molecule has 1 unspecified atom stereocenters. The monoisotopic (exact) mass is 318 g/mol. The van der Waals surface area contributed by atoms with Crippen LogP contribution in [0.4, 0.5) is 0 Å². The molecule has 1 atom stereocenters. The summed E-state index contributed by atoms with van der Waals surface area (Å²) in [4.78, 5) is 14.5. The summed E-state index contributed by atoms with van der Waals surface area (Å²) in [5.41, 5.74) is -0.319. The zero-order valence-corrected chi connectivity index (χ0v) is 14.1. The van der Waals surface area contributed by atoms with Gasteiger partial charge in [0.25, 0.3) is 0 Å². The Morgan fingerprint density at radius 3 is 2.29 bits per heavy atom. The molecule has 0 N–H and O–H groups in total. The maximum atomic E-state index is 12.6. The van der Waals surface area contributed by atoms with E-state index >= 15 is 0 Å². The summed E-state index contributed by atoms with van der Waals surface area (Å²) in [5.74, 6) is 0.0791. The van der Waals surface area contributed by atoms with E-state index < -0.39 is 10.0 Å². The minimum atomic E-state index is -3.14. The molecule has 122 valence electrons. The van der Waals surface area contributed by atoms with Crippen molar-refractivity contribution in [3.63, 3.8) is 0 Å². The topological polar surface area (TPSA) is 66.9 Å². The van der Waals surface area contributed by atoms with Gasteiger partial charge < -0.3 is 9.64 Å². The van der Waals surface area contributed by atoms with Gasteiger partial charge in [0.2, 0.25) is 15.9 Å². The summed E-state index contributed by atoms with van der Waals surface area (Å²) in [6.45, 7) is 8.08. The first kappa shape index (κ1) is 16.7. The Bertz CT molecular complexity index is 495. The number of piperidine rings is 1. The van der Waals surface area contributed by atoms with Crippen LogP contribution < -0.4 is 0 Å². The second kappa shape index (κ2) is 5.85. The number of ether oxygens (including phenoxy) is 1. The minimum absolute atomic E-state index is 0.0359. The average molecular weight is 318 g/mol. The van der Waals surface area contributed by atoms with Gasteiger partial charge in [-0.05, 0) is 33.6 Å². The summed E-state index contributed by atoms with van der Waals surface area (Å²) in [7, 11) is -3.14. The Labute approximate surface area is 127 Å². The van der Waals surface area contributed by atoms with E-state index in [0.717, 1.165) is 0 Å². The number of carbonyl (C=O) groups excluding carboxylic acids is 1. The second-order valence-corrected chi connectivity index (χ2v) is 8.83. The third-order valence-corrected chi connectivity index (χ3v) is 5.46. The first-order valence-corrected chi connectivity index (χ1v) is 9.35.